The van der Waals surface area contributed by atoms with Crippen molar-refractivity contribution in [2.45, 2.75) is 57.7 Å². The van der Waals surface area contributed by atoms with Gasteiger partial charge in [-0.2, -0.15) is 0 Å². The number of benzene rings is 1. The van der Waals surface area contributed by atoms with Crippen LogP contribution in [0.5, 0.6) is 0 Å². The molecule has 23 heavy (non-hydrogen) atoms. The van der Waals surface area contributed by atoms with Crippen molar-refractivity contribution in [2.24, 2.45) is 5.73 Å². The van der Waals surface area contributed by atoms with Gasteiger partial charge in [-0.25, -0.2) is 0 Å². The van der Waals surface area contributed by atoms with Crippen molar-refractivity contribution in [3.63, 3.8) is 0 Å². The number of hydrogen-bond acceptors (Lipinski definition) is 2. The molecule has 2 aliphatic rings. The van der Waals surface area contributed by atoms with E-state index in [9.17, 15) is 4.79 Å². The maximum absolute atomic E-state index is 11.4. The number of aromatic nitrogens is 1. The molecule has 1 aromatic carbocycles. The molecule has 1 amide bonds. The summed E-state index contributed by atoms with van der Waals surface area (Å²) in [5.41, 5.74) is 9.45. The van der Waals surface area contributed by atoms with Crippen molar-refractivity contribution in [3.05, 3.63) is 35.5 Å². The Kier molecular flexibility index (Phi) is 3.45. The van der Waals surface area contributed by atoms with Gasteiger partial charge in [-0.3, -0.25) is 9.69 Å². The lowest BCUT2D eigenvalue weighted by Crippen LogP contribution is -2.49. The average Bonchev–Trinajstić information content (AvgIpc) is 2.85. The van der Waals surface area contributed by atoms with Crippen molar-refractivity contribution in [1.29, 1.82) is 0 Å². The first-order valence-corrected chi connectivity index (χ1v) is 8.71. The van der Waals surface area contributed by atoms with Gasteiger partial charge in [-0.1, -0.05) is 12.1 Å². The highest BCUT2D eigenvalue weighted by Crippen LogP contribution is 2.44. The summed E-state index contributed by atoms with van der Waals surface area (Å²) in [5, 5.41) is 1.38. The van der Waals surface area contributed by atoms with Gasteiger partial charge >= 0.3 is 0 Å². The number of nitrogens with zero attached hydrogens (tertiary/aromatic N) is 2. The summed E-state index contributed by atoms with van der Waals surface area (Å²) in [4.78, 5) is 14.1. The van der Waals surface area contributed by atoms with E-state index in [4.69, 9.17) is 5.73 Å². The summed E-state index contributed by atoms with van der Waals surface area (Å²) in [6, 6.07) is 7.72. The minimum atomic E-state index is -0.278. The van der Waals surface area contributed by atoms with Crippen LogP contribution >= 0.6 is 0 Å². The minimum absolute atomic E-state index is 0.267. The molecule has 0 spiro atoms. The Balaban J connectivity index is 1.84. The van der Waals surface area contributed by atoms with Crippen LogP contribution in [0.4, 0.5) is 0 Å². The van der Waals surface area contributed by atoms with Crippen molar-refractivity contribution in [2.75, 3.05) is 6.54 Å². The van der Waals surface area contributed by atoms with Crippen LogP contribution in [0.2, 0.25) is 0 Å². The fourth-order valence-corrected chi connectivity index (χ4v) is 4.80. The smallest absolute Gasteiger partial charge is 0.237 e. The first-order valence-electron chi connectivity index (χ1n) is 8.71. The van der Waals surface area contributed by atoms with Gasteiger partial charge in [0.25, 0.3) is 0 Å². The predicted octanol–water partition coefficient (Wildman–Crippen LogP) is 2.64. The van der Waals surface area contributed by atoms with Crippen molar-refractivity contribution >= 4 is 16.8 Å². The maximum Gasteiger partial charge on any atom is 0.237 e. The molecule has 2 atom stereocenters. The van der Waals surface area contributed by atoms with E-state index in [1.165, 1.54) is 35.9 Å². The third kappa shape index (κ3) is 2.27. The third-order valence-corrected chi connectivity index (χ3v) is 5.66. The quantitative estimate of drug-likeness (QED) is 0.947. The third-order valence-electron chi connectivity index (χ3n) is 5.66. The Morgan fingerprint density at radius 2 is 2.22 bits per heavy atom. The van der Waals surface area contributed by atoms with E-state index in [2.05, 4.69) is 43.1 Å². The standard InChI is InChI=1S/C19H25N3O/c1-12(2)22-8-4-6-14-15-5-3-7-16-19(15)13(9-17(14)22)10-21(16)11-18(20)23/h3,5,7,10,12,14,17H,4,6,8-9,11H2,1-2H3,(H2,20,23)/t14-,17-/m0/s1. The topological polar surface area (TPSA) is 51.3 Å². The molecule has 2 heterocycles. The molecule has 122 valence electrons. The molecule has 4 rings (SSSR count). The zero-order valence-corrected chi connectivity index (χ0v) is 14.0. The summed E-state index contributed by atoms with van der Waals surface area (Å²) in [5.74, 6) is 0.339. The van der Waals surface area contributed by atoms with Gasteiger partial charge in [0.1, 0.15) is 6.54 Å². The van der Waals surface area contributed by atoms with Crippen LogP contribution in [0, 0.1) is 0 Å². The first-order chi connectivity index (χ1) is 11.1. The van der Waals surface area contributed by atoms with Gasteiger partial charge in [0.15, 0.2) is 0 Å². The van der Waals surface area contributed by atoms with Crippen molar-refractivity contribution < 1.29 is 4.79 Å². The minimum Gasteiger partial charge on any atom is -0.368 e. The van der Waals surface area contributed by atoms with Crippen molar-refractivity contribution in [1.82, 2.24) is 9.47 Å². The number of carbonyl (C=O) groups excluding carboxylic acids is 1. The van der Waals surface area contributed by atoms with Crippen LogP contribution in [0.3, 0.4) is 0 Å². The lowest BCUT2D eigenvalue weighted by molar-refractivity contribution is -0.118. The van der Waals surface area contributed by atoms with Gasteiger partial charge in [0.05, 0.1) is 0 Å². The van der Waals surface area contributed by atoms with Crippen molar-refractivity contribution in [3.8, 4) is 0 Å². The van der Waals surface area contributed by atoms with E-state index in [0.29, 0.717) is 18.0 Å². The van der Waals surface area contributed by atoms with E-state index >= 15 is 0 Å². The second kappa shape index (κ2) is 5.38. The molecule has 1 aliphatic heterocycles. The van der Waals surface area contributed by atoms with Gasteiger partial charge in [0, 0.05) is 35.1 Å². The molecule has 0 unspecified atom stereocenters. The largest absolute Gasteiger partial charge is 0.368 e. The molecule has 1 saturated heterocycles. The lowest BCUT2D eigenvalue weighted by atomic mass is 9.74. The normalized spacial score (nSPS) is 24.1. The maximum atomic E-state index is 11.4. The Bertz CT molecular complexity index is 761. The monoisotopic (exact) mass is 311 g/mol. The second-order valence-electron chi connectivity index (χ2n) is 7.34. The Morgan fingerprint density at radius 3 is 2.96 bits per heavy atom. The number of likely N-dealkylation sites (tertiary alicyclic amines) is 1. The van der Waals surface area contributed by atoms with Gasteiger partial charge in [-0.05, 0) is 56.8 Å². The average molecular weight is 311 g/mol. The van der Waals surface area contributed by atoms with Gasteiger partial charge in [-0.15, -0.1) is 0 Å². The first kappa shape index (κ1) is 14.8. The molecule has 1 aliphatic carbocycles. The molecule has 0 saturated carbocycles. The summed E-state index contributed by atoms with van der Waals surface area (Å²) >= 11 is 0. The highest BCUT2D eigenvalue weighted by molar-refractivity contribution is 5.90. The fourth-order valence-electron chi connectivity index (χ4n) is 4.80. The highest BCUT2D eigenvalue weighted by Gasteiger charge is 2.38. The predicted molar refractivity (Wildman–Crippen MR) is 92.4 cm³/mol. The summed E-state index contributed by atoms with van der Waals surface area (Å²) in [6.07, 6.45) is 5.78. The number of fused-ring (bicyclic) bond motifs is 2. The van der Waals surface area contributed by atoms with Crippen LogP contribution in [0.25, 0.3) is 10.9 Å². The van der Waals surface area contributed by atoms with E-state index < -0.39 is 0 Å². The number of carbonyl (C=O) groups is 1. The molecule has 1 aromatic heterocycles. The molecular formula is C19H25N3O. The van der Waals surface area contributed by atoms with Gasteiger partial charge in [0.2, 0.25) is 5.91 Å². The lowest BCUT2D eigenvalue weighted by Gasteiger charge is -2.46. The number of primary amides is 1. The Hall–Kier alpha value is -1.81. The van der Waals surface area contributed by atoms with E-state index in [-0.39, 0.29) is 12.5 Å². The summed E-state index contributed by atoms with van der Waals surface area (Å²) < 4.78 is 2.04. The van der Waals surface area contributed by atoms with Crippen LogP contribution < -0.4 is 5.73 Å². The van der Waals surface area contributed by atoms with Gasteiger partial charge < -0.3 is 10.3 Å². The molecule has 2 N–H and O–H groups in total. The molecule has 4 nitrogen and oxygen atoms in total. The molecule has 4 heteroatoms. The molecule has 2 aromatic rings. The van der Waals surface area contributed by atoms with E-state index in [1.54, 1.807) is 0 Å². The second-order valence-corrected chi connectivity index (χ2v) is 7.34. The molecule has 0 bridgehead atoms. The Labute approximate surface area is 137 Å². The zero-order chi connectivity index (χ0) is 16.1. The SMILES string of the molecule is CC(C)N1CCC[C@H]2c3cccc4c3c(cn4CC(N)=O)C[C@@H]21. The van der Waals surface area contributed by atoms with Crippen LogP contribution in [-0.2, 0) is 17.8 Å². The van der Waals surface area contributed by atoms with Crippen LogP contribution in [0.15, 0.2) is 24.4 Å². The molecule has 0 radical (unpaired) electrons. The number of nitrogens with two attached hydrogens (primary N) is 1. The summed E-state index contributed by atoms with van der Waals surface area (Å²) in [7, 11) is 0. The zero-order valence-electron chi connectivity index (χ0n) is 14.0. The number of amides is 1. The van der Waals surface area contributed by atoms with Crippen LogP contribution in [0.1, 0.15) is 43.7 Å². The van der Waals surface area contributed by atoms with Crippen LogP contribution in [-0.4, -0.2) is 34.0 Å². The number of hydrogen-bond donors (Lipinski definition) is 1. The number of piperidine rings is 1. The highest BCUT2D eigenvalue weighted by atomic mass is 16.1. The van der Waals surface area contributed by atoms with E-state index in [1.807, 2.05) is 4.57 Å². The summed E-state index contributed by atoms with van der Waals surface area (Å²) in [6.45, 7) is 6.07. The Morgan fingerprint density at radius 1 is 1.39 bits per heavy atom. The molecular weight excluding hydrogens is 286 g/mol. The molecule has 1 fully saturated rings. The fraction of sp³-hybridized carbons (Fsp3) is 0.526. The number of rotatable bonds is 3. The van der Waals surface area contributed by atoms with E-state index in [0.717, 1.165) is 11.9 Å².